The highest BCUT2D eigenvalue weighted by molar-refractivity contribution is 9.09. The summed E-state index contributed by atoms with van der Waals surface area (Å²) in [5.74, 6) is -0.143. The quantitative estimate of drug-likeness (QED) is 0.235. The van der Waals surface area contributed by atoms with E-state index in [2.05, 4.69) is 31.1 Å². The molecule has 0 bridgehead atoms. The van der Waals surface area contributed by atoms with Crippen molar-refractivity contribution in [3.63, 3.8) is 0 Å². The van der Waals surface area contributed by atoms with Crippen LogP contribution < -0.4 is 4.31 Å². The van der Waals surface area contributed by atoms with Crippen molar-refractivity contribution in [2.24, 2.45) is 7.05 Å². The van der Waals surface area contributed by atoms with E-state index in [4.69, 9.17) is 0 Å². The van der Waals surface area contributed by atoms with E-state index in [1.165, 1.54) is 10.5 Å². The molecule has 0 unspecified atom stereocenters. The van der Waals surface area contributed by atoms with Gasteiger partial charge in [0.1, 0.15) is 4.90 Å². The molecule has 0 aliphatic carbocycles. The Hall–Kier alpha value is -2.93. The van der Waals surface area contributed by atoms with Gasteiger partial charge in [0.15, 0.2) is 5.82 Å². The smallest absolute Gasteiger partial charge is 0.266 e. The number of aromatic nitrogens is 5. The molecule has 3 heterocycles. The van der Waals surface area contributed by atoms with Gasteiger partial charge in [-0.25, -0.2) is 18.1 Å². The Balaban J connectivity index is 1.76. The van der Waals surface area contributed by atoms with E-state index in [1.807, 2.05) is 6.07 Å². The van der Waals surface area contributed by atoms with Crippen LogP contribution in [0.15, 0.2) is 60.0 Å². The van der Waals surface area contributed by atoms with Crippen molar-refractivity contribution in [1.29, 1.82) is 0 Å². The lowest BCUT2D eigenvalue weighted by molar-refractivity contribution is -0.137. The summed E-state index contributed by atoms with van der Waals surface area (Å²) in [6.07, 6.45) is 1.70. The molecule has 0 fully saturated rings. The first-order valence-corrected chi connectivity index (χ1v) is 12.8. The lowest BCUT2D eigenvalue weighted by Crippen LogP contribution is -2.32. The number of hydrogen-bond donors (Lipinski definition) is 0. The molecule has 0 saturated heterocycles. The normalized spacial score (nSPS) is 12.4. The van der Waals surface area contributed by atoms with Crippen LogP contribution in [0.5, 0.6) is 0 Å². The molecule has 0 saturated carbocycles. The number of aryl methyl sites for hydroxylation is 1. The molecule has 0 aliphatic rings. The number of halogens is 4. The maximum atomic E-state index is 13.7. The van der Waals surface area contributed by atoms with Crippen LogP contribution >= 0.6 is 15.9 Å². The van der Waals surface area contributed by atoms with Crippen molar-refractivity contribution >= 4 is 42.5 Å². The predicted octanol–water partition coefficient (Wildman–Crippen LogP) is 4.54. The number of para-hydroxylation sites is 1. The third kappa shape index (κ3) is 4.67. The summed E-state index contributed by atoms with van der Waals surface area (Å²) in [4.78, 5) is 3.74. The van der Waals surface area contributed by atoms with Gasteiger partial charge < -0.3 is 0 Å². The summed E-state index contributed by atoms with van der Waals surface area (Å²) in [6, 6.07) is 6.95. The summed E-state index contributed by atoms with van der Waals surface area (Å²) in [5, 5.41) is 9.71. The van der Waals surface area contributed by atoms with Crippen LogP contribution in [0.25, 0.3) is 16.7 Å². The Kier molecular flexibility index (Phi) is 6.67. The van der Waals surface area contributed by atoms with Crippen LogP contribution in [0.3, 0.4) is 0 Å². The lowest BCUT2D eigenvalue weighted by atomic mass is 10.2. The van der Waals surface area contributed by atoms with Crippen LogP contribution in [0, 0.1) is 0 Å². The fourth-order valence-corrected chi connectivity index (χ4v) is 5.39. The van der Waals surface area contributed by atoms with Crippen LogP contribution in [0.2, 0.25) is 0 Å². The van der Waals surface area contributed by atoms with E-state index >= 15 is 0 Å². The number of fused-ring (bicyclic) bond motifs is 1. The molecule has 0 radical (unpaired) electrons. The third-order valence-electron chi connectivity index (χ3n) is 5.21. The number of hydrogen-bond acceptors (Lipinski definition) is 5. The number of alkyl halides is 4. The molecule has 0 atom stereocenters. The molecule has 0 N–H and O–H groups in total. The van der Waals surface area contributed by atoms with Crippen molar-refractivity contribution in [2.75, 3.05) is 16.2 Å². The zero-order valence-corrected chi connectivity index (χ0v) is 20.3. The number of rotatable bonds is 8. The van der Waals surface area contributed by atoms with Gasteiger partial charge in [0.05, 0.1) is 35.4 Å². The van der Waals surface area contributed by atoms with Gasteiger partial charge in [-0.1, -0.05) is 28.1 Å². The Morgan fingerprint density at radius 2 is 1.91 bits per heavy atom. The first kappa shape index (κ1) is 24.2. The van der Waals surface area contributed by atoms with E-state index in [0.29, 0.717) is 17.6 Å². The van der Waals surface area contributed by atoms with Gasteiger partial charge in [0, 0.05) is 30.5 Å². The Labute approximate surface area is 202 Å². The average Bonchev–Trinajstić information content (AvgIpc) is 3.44. The van der Waals surface area contributed by atoms with Gasteiger partial charge in [0.2, 0.25) is 0 Å². The molecule has 4 aromatic rings. The second-order valence-electron chi connectivity index (χ2n) is 7.48. The first-order chi connectivity index (χ1) is 16.1. The molecular formula is C21H20BrF3N6O2S. The highest BCUT2D eigenvalue weighted by atomic mass is 79.9. The molecule has 0 spiro atoms. The van der Waals surface area contributed by atoms with Gasteiger partial charge in [-0.15, -0.1) is 0 Å². The second-order valence-corrected chi connectivity index (χ2v) is 10.1. The number of pyridine rings is 1. The molecule has 180 valence electrons. The Bertz CT molecular complexity index is 1420. The van der Waals surface area contributed by atoms with Crippen molar-refractivity contribution in [3.05, 3.63) is 60.7 Å². The lowest BCUT2D eigenvalue weighted by Gasteiger charge is -2.24. The van der Waals surface area contributed by atoms with Crippen LogP contribution in [-0.2, 0) is 23.2 Å². The molecule has 8 nitrogen and oxygen atoms in total. The molecule has 13 heteroatoms. The van der Waals surface area contributed by atoms with E-state index in [9.17, 15) is 21.6 Å². The average molecular weight is 557 g/mol. The van der Waals surface area contributed by atoms with Crippen molar-refractivity contribution in [3.8, 4) is 5.82 Å². The largest absolute Gasteiger partial charge is 0.416 e. The molecule has 4 rings (SSSR count). The number of unbranched alkanes of at least 4 members (excludes halogenated alkanes) is 1. The van der Waals surface area contributed by atoms with Gasteiger partial charge in [-0.3, -0.25) is 8.99 Å². The SMILES string of the molecule is Cn1ncc2cccc(N(CCCCBr)S(=O)(=O)c3cnn(-c4cc(C(F)(F)F)ccn4)c3)c21. The van der Waals surface area contributed by atoms with Crippen LogP contribution in [-0.4, -0.2) is 44.8 Å². The first-order valence-electron chi connectivity index (χ1n) is 10.2. The molecule has 3 aromatic heterocycles. The zero-order valence-electron chi connectivity index (χ0n) is 17.9. The monoisotopic (exact) mass is 556 g/mol. The minimum atomic E-state index is -4.56. The predicted molar refractivity (Wildman–Crippen MR) is 125 cm³/mol. The highest BCUT2D eigenvalue weighted by Crippen LogP contribution is 2.32. The molecular weight excluding hydrogens is 537 g/mol. The van der Waals surface area contributed by atoms with Crippen molar-refractivity contribution in [2.45, 2.75) is 23.9 Å². The fourth-order valence-electron chi connectivity index (χ4n) is 3.55. The maximum Gasteiger partial charge on any atom is 0.416 e. The minimum absolute atomic E-state index is 0.143. The Morgan fingerprint density at radius 1 is 1.12 bits per heavy atom. The van der Waals surface area contributed by atoms with Crippen molar-refractivity contribution < 1.29 is 21.6 Å². The van der Waals surface area contributed by atoms with E-state index in [0.717, 1.165) is 46.3 Å². The van der Waals surface area contributed by atoms with E-state index < -0.39 is 21.8 Å². The minimum Gasteiger partial charge on any atom is -0.266 e. The summed E-state index contributed by atoms with van der Waals surface area (Å²) >= 11 is 3.36. The number of anilines is 1. The number of benzene rings is 1. The van der Waals surface area contributed by atoms with Crippen LogP contribution in [0.1, 0.15) is 18.4 Å². The molecule has 0 amide bonds. The summed E-state index contributed by atoms with van der Waals surface area (Å²) < 4.78 is 70.6. The fraction of sp³-hybridized carbons (Fsp3) is 0.286. The van der Waals surface area contributed by atoms with Gasteiger partial charge in [-0.05, 0) is 31.0 Å². The maximum absolute atomic E-state index is 13.7. The molecule has 1 aromatic carbocycles. The molecule has 0 aliphatic heterocycles. The topological polar surface area (TPSA) is 85.9 Å². The third-order valence-corrected chi connectivity index (χ3v) is 7.53. The van der Waals surface area contributed by atoms with Crippen LogP contribution in [0.4, 0.5) is 18.9 Å². The summed E-state index contributed by atoms with van der Waals surface area (Å²) in [5.41, 5.74) is 0.200. The van der Waals surface area contributed by atoms with Gasteiger partial charge in [0.25, 0.3) is 10.0 Å². The van der Waals surface area contributed by atoms with Gasteiger partial charge >= 0.3 is 6.18 Å². The van der Waals surface area contributed by atoms with Crippen molar-refractivity contribution in [1.82, 2.24) is 24.5 Å². The van der Waals surface area contributed by atoms with E-state index in [-0.39, 0.29) is 17.3 Å². The summed E-state index contributed by atoms with van der Waals surface area (Å²) in [6.45, 7) is 0.200. The number of nitrogens with zero attached hydrogens (tertiary/aromatic N) is 6. The number of sulfonamides is 1. The van der Waals surface area contributed by atoms with E-state index in [1.54, 1.807) is 30.1 Å². The zero-order chi connectivity index (χ0) is 24.5. The standard InChI is InChI=1S/C21H20BrF3N6O2S/c1-29-20-15(12-27-29)5-4-6-18(20)31(10-3-2-8-22)34(32,33)17-13-28-30(14-17)19-11-16(7-9-26-19)21(23,24)25/h4-7,9,11-14H,2-3,8,10H2,1H3. The highest BCUT2D eigenvalue weighted by Gasteiger charge is 2.32. The molecule has 34 heavy (non-hydrogen) atoms. The Morgan fingerprint density at radius 3 is 2.65 bits per heavy atom. The summed E-state index contributed by atoms with van der Waals surface area (Å²) in [7, 11) is -2.37. The van der Waals surface area contributed by atoms with Gasteiger partial charge in [-0.2, -0.15) is 23.4 Å². The second kappa shape index (κ2) is 9.37.